The third-order valence-electron chi connectivity index (χ3n) is 4.41. The molecule has 1 saturated heterocycles. The Balaban J connectivity index is 1.46. The average molecular weight is 342 g/mol. The number of nitrogens with one attached hydrogen (secondary N) is 1. The van der Waals surface area contributed by atoms with Gasteiger partial charge in [-0.25, -0.2) is 4.94 Å². The number of rotatable bonds is 4. The van der Waals surface area contributed by atoms with E-state index in [0.29, 0.717) is 6.67 Å². The summed E-state index contributed by atoms with van der Waals surface area (Å²) < 4.78 is 0. The Hall–Kier alpha value is -1.57. The molecule has 2 heterocycles. The van der Waals surface area contributed by atoms with Gasteiger partial charge in [0.15, 0.2) is 0 Å². The van der Waals surface area contributed by atoms with Crippen LogP contribution in [0, 0.1) is 0 Å². The number of nitrogens with zero attached hydrogens (tertiary/aromatic N) is 3. The van der Waals surface area contributed by atoms with E-state index in [9.17, 15) is 0 Å². The van der Waals surface area contributed by atoms with Gasteiger partial charge in [0, 0.05) is 36.0 Å². The predicted octanol–water partition coefficient (Wildman–Crippen LogP) is 2.93. The molecule has 0 spiro atoms. The van der Waals surface area contributed by atoms with E-state index in [1.165, 1.54) is 21.2 Å². The Kier molecular flexibility index (Phi) is 4.73. The third kappa shape index (κ3) is 3.29. The summed E-state index contributed by atoms with van der Waals surface area (Å²) in [5.74, 6) is 0. The number of piperazine rings is 1. The first-order valence-electron chi connectivity index (χ1n) is 8.28. The predicted molar refractivity (Wildman–Crippen MR) is 97.3 cm³/mol. The zero-order valence-corrected chi connectivity index (χ0v) is 14.6. The maximum absolute atomic E-state index is 5.77. The first kappa shape index (κ1) is 15.9. The highest BCUT2D eigenvalue weighted by atomic mass is 32.2. The van der Waals surface area contributed by atoms with Gasteiger partial charge < -0.3 is 9.80 Å². The van der Waals surface area contributed by atoms with Crippen molar-refractivity contribution in [2.45, 2.75) is 9.79 Å². The van der Waals surface area contributed by atoms with Crippen molar-refractivity contribution in [3.63, 3.8) is 0 Å². The van der Waals surface area contributed by atoms with E-state index in [1.807, 2.05) is 16.8 Å². The Labute approximate surface area is 147 Å². The normalized spacial score (nSPS) is 18.3. The number of para-hydroxylation sites is 2. The number of hydrogen-bond donors (Lipinski definition) is 1. The highest BCUT2D eigenvalue weighted by Gasteiger charge is 2.23. The number of fused-ring (bicyclic) bond motifs is 2. The molecule has 1 fully saturated rings. The van der Waals surface area contributed by atoms with Crippen LogP contribution >= 0.6 is 11.8 Å². The molecule has 0 saturated carbocycles. The van der Waals surface area contributed by atoms with Crippen LogP contribution in [0.4, 0.5) is 11.4 Å². The number of anilines is 2. The van der Waals surface area contributed by atoms with Gasteiger partial charge in [-0.3, -0.25) is 0 Å². The number of likely N-dealkylation sites (N-methyl/N-ethyl adjacent to an activating group) is 1. The van der Waals surface area contributed by atoms with E-state index in [1.54, 1.807) is 0 Å². The Morgan fingerprint density at radius 3 is 2.12 bits per heavy atom. The largest absolute Gasteiger partial charge is 0.324 e. The van der Waals surface area contributed by atoms with E-state index in [4.69, 9.17) is 4.94 Å². The van der Waals surface area contributed by atoms with Gasteiger partial charge in [-0.2, -0.15) is 10.5 Å². The lowest BCUT2D eigenvalue weighted by atomic mass is 10.2. The Morgan fingerprint density at radius 2 is 1.50 bits per heavy atom. The molecule has 126 valence electrons. The third-order valence-corrected chi connectivity index (χ3v) is 5.54. The molecule has 0 bridgehead atoms. The fourth-order valence-corrected chi connectivity index (χ4v) is 4.11. The van der Waals surface area contributed by atoms with Crippen molar-refractivity contribution in [2.75, 3.05) is 44.8 Å². The SMILES string of the molecule is CN1CCN(ONCN2c3ccccc3Sc3ccccc32)CC1. The average Bonchev–Trinajstić information content (AvgIpc) is 2.63. The molecule has 6 heteroatoms. The van der Waals surface area contributed by atoms with Crippen LogP contribution in [0.5, 0.6) is 0 Å². The second-order valence-electron chi connectivity index (χ2n) is 6.09. The standard InChI is InChI=1S/C18H22N4OS/c1-20-10-12-21(13-11-20)23-19-14-22-15-6-2-4-8-17(15)24-18-9-5-3-7-16(18)22/h2-9,19H,10-14H2,1H3. The smallest absolute Gasteiger partial charge is 0.0984 e. The maximum atomic E-state index is 5.77. The highest BCUT2D eigenvalue weighted by Crippen LogP contribution is 2.47. The van der Waals surface area contributed by atoms with Gasteiger partial charge in [-0.15, -0.1) is 0 Å². The molecule has 2 aromatic rings. The van der Waals surface area contributed by atoms with Crippen molar-refractivity contribution in [3.05, 3.63) is 48.5 Å². The summed E-state index contributed by atoms with van der Waals surface area (Å²) in [6.45, 7) is 4.53. The van der Waals surface area contributed by atoms with E-state index >= 15 is 0 Å². The molecule has 0 atom stereocenters. The topological polar surface area (TPSA) is 31.0 Å². The van der Waals surface area contributed by atoms with Crippen molar-refractivity contribution >= 4 is 23.1 Å². The lowest BCUT2D eigenvalue weighted by molar-refractivity contribution is -0.221. The zero-order chi connectivity index (χ0) is 16.4. The van der Waals surface area contributed by atoms with Crippen molar-refractivity contribution in [2.24, 2.45) is 0 Å². The van der Waals surface area contributed by atoms with Gasteiger partial charge in [0.1, 0.15) is 0 Å². The monoisotopic (exact) mass is 342 g/mol. The molecule has 2 aliphatic heterocycles. The van der Waals surface area contributed by atoms with Crippen molar-refractivity contribution < 1.29 is 4.94 Å². The molecule has 2 aromatic carbocycles. The molecule has 2 aliphatic rings. The molecular weight excluding hydrogens is 320 g/mol. The van der Waals surface area contributed by atoms with E-state index in [2.05, 4.69) is 70.9 Å². The molecule has 0 unspecified atom stereocenters. The number of hydroxylamine groups is 3. The molecule has 0 radical (unpaired) electrons. The molecule has 24 heavy (non-hydrogen) atoms. The molecule has 5 nitrogen and oxygen atoms in total. The number of hydrogen-bond acceptors (Lipinski definition) is 6. The van der Waals surface area contributed by atoms with Gasteiger partial charge in [0.2, 0.25) is 0 Å². The van der Waals surface area contributed by atoms with Crippen LogP contribution in [0.2, 0.25) is 0 Å². The van der Waals surface area contributed by atoms with Crippen molar-refractivity contribution in [1.82, 2.24) is 15.4 Å². The summed E-state index contributed by atoms with van der Waals surface area (Å²) in [4.78, 5) is 12.9. The van der Waals surface area contributed by atoms with Crippen LogP contribution < -0.4 is 10.4 Å². The minimum atomic E-state index is 0.612. The molecule has 1 N–H and O–H groups in total. The highest BCUT2D eigenvalue weighted by molar-refractivity contribution is 7.99. The molecule has 0 aliphatic carbocycles. The second-order valence-corrected chi connectivity index (χ2v) is 7.18. The van der Waals surface area contributed by atoms with Gasteiger partial charge in [-0.1, -0.05) is 36.0 Å². The van der Waals surface area contributed by atoms with Gasteiger partial charge in [0.25, 0.3) is 0 Å². The quantitative estimate of drug-likeness (QED) is 0.860. The van der Waals surface area contributed by atoms with Gasteiger partial charge in [0.05, 0.1) is 18.0 Å². The number of benzene rings is 2. The summed E-state index contributed by atoms with van der Waals surface area (Å²) in [5, 5.41) is 2.00. The fourth-order valence-electron chi connectivity index (χ4n) is 3.02. The van der Waals surface area contributed by atoms with Crippen molar-refractivity contribution in [1.29, 1.82) is 0 Å². The summed E-state index contributed by atoms with van der Waals surface area (Å²) in [5.41, 5.74) is 5.58. The first-order chi connectivity index (χ1) is 11.8. The van der Waals surface area contributed by atoms with Crippen LogP contribution in [0.3, 0.4) is 0 Å². The molecular formula is C18H22N4OS. The van der Waals surface area contributed by atoms with Crippen LogP contribution in [-0.4, -0.2) is 49.9 Å². The van der Waals surface area contributed by atoms with Gasteiger partial charge >= 0.3 is 0 Å². The summed E-state index contributed by atoms with van der Waals surface area (Å²) in [7, 11) is 2.14. The van der Waals surface area contributed by atoms with Crippen LogP contribution in [0.25, 0.3) is 0 Å². The lowest BCUT2D eigenvalue weighted by Gasteiger charge is -2.34. The first-order valence-corrected chi connectivity index (χ1v) is 9.10. The maximum Gasteiger partial charge on any atom is 0.0984 e. The lowest BCUT2D eigenvalue weighted by Crippen LogP contribution is -2.47. The summed E-state index contributed by atoms with van der Waals surface area (Å²) >= 11 is 1.82. The van der Waals surface area contributed by atoms with Gasteiger partial charge in [-0.05, 0) is 31.3 Å². The van der Waals surface area contributed by atoms with Crippen LogP contribution in [0.1, 0.15) is 0 Å². The van der Waals surface area contributed by atoms with E-state index < -0.39 is 0 Å². The minimum absolute atomic E-state index is 0.612. The fraction of sp³-hybridized carbons (Fsp3) is 0.333. The van der Waals surface area contributed by atoms with E-state index in [-0.39, 0.29) is 0 Å². The summed E-state index contributed by atoms with van der Waals surface area (Å²) in [6, 6.07) is 17.0. The van der Waals surface area contributed by atoms with Crippen LogP contribution in [-0.2, 0) is 4.94 Å². The zero-order valence-electron chi connectivity index (χ0n) is 13.8. The minimum Gasteiger partial charge on any atom is -0.324 e. The molecule has 0 aromatic heterocycles. The van der Waals surface area contributed by atoms with Crippen molar-refractivity contribution in [3.8, 4) is 0 Å². The molecule has 4 rings (SSSR count). The van der Waals surface area contributed by atoms with Crippen LogP contribution in [0.15, 0.2) is 58.3 Å². The Bertz CT molecular complexity index is 657. The second kappa shape index (κ2) is 7.13. The Morgan fingerprint density at radius 1 is 0.917 bits per heavy atom. The van der Waals surface area contributed by atoms with E-state index in [0.717, 1.165) is 26.2 Å². The molecule has 0 amide bonds. The summed E-state index contributed by atoms with van der Waals surface area (Å²) in [6.07, 6.45) is 0.